The normalized spacial score (nSPS) is 22.0. The van der Waals surface area contributed by atoms with E-state index in [0.29, 0.717) is 24.8 Å². The van der Waals surface area contributed by atoms with E-state index in [-0.39, 0.29) is 11.8 Å². The van der Waals surface area contributed by atoms with E-state index in [1.165, 1.54) is 4.68 Å². The van der Waals surface area contributed by atoms with Crippen molar-refractivity contribution in [3.63, 3.8) is 0 Å². The number of halogens is 1. The number of hydrogen-bond donors (Lipinski definition) is 0. The summed E-state index contributed by atoms with van der Waals surface area (Å²) < 4.78 is 1.48. The van der Waals surface area contributed by atoms with Gasteiger partial charge in [0.2, 0.25) is 5.91 Å². The van der Waals surface area contributed by atoms with Gasteiger partial charge in [-0.15, -0.1) is 11.6 Å². The zero-order valence-corrected chi connectivity index (χ0v) is 8.48. The van der Waals surface area contributed by atoms with Gasteiger partial charge in [-0.25, -0.2) is 4.68 Å². The summed E-state index contributed by atoms with van der Waals surface area (Å²) in [5, 5.41) is 10.9. The van der Waals surface area contributed by atoms with Gasteiger partial charge in [0.05, 0.1) is 0 Å². The van der Waals surface area contributed by atoms with Crippen LogP contribution in [-0.4, -0.2) is 38.5 Å². The van der Waals surface area contributed by atoms with Crippen molar-refractivity contribution in [1.82, 2.24) is 20.2 Å². The second kappa shape index (κ2) is 3.53. The lowest BCUT2D eigenvalue weighted by atomic mass is 10.2. The van der Waals surface area contributed by atoms with Crippen molar-refractivity contribution in [2.45, 2.75) is 6.42 Å². The first kappa shape index (κ1) is 9.39. The summed E-state index contributed by atoms with van der Waals surface area (Å²) in [4.78, 5) is 13.1. The number of anilines is 1. The van der Waals surface area contributed by atoms with E-state index in [2.05, 4.69) is 15.5 Å². The Bertz CT molecular complexity index is 352. The average Bonchev–Trinajstić information content (AvgIpc) is 2.72. The molecule has 0 saturated carbocycles. The lowest BCUT2D eigenvalue weighted by Crippen LogP contribution is -2.27. The zero-order valence-electron chi connectivity index (χ0n) is 7.72. The Morgan fingerprint density at radius 1 is 1.64 bits per heavy atom. The molecule has 0 spiro atoms. The first-order valence-electron chi connectivity index (χ1n) is 4.31. The third-order valence-corrected chi connectivity index (χ3v) is 2.70. The molecule has 1 aliphatic rings. The van der Waals surface area contributed by atoms with Gasteiger partial charge in [-0.2, -0.15) is 0 Å². The fourth-order valence-corrected chi connectivity index (χ4v) is 1.74. The van der Waals surface area contributed by atoms with Gasteiger partial charge in [0, 0.05) is 25.9 Å². The smallest absolute Gasteiger partial charge is 0.251 e. The molecule has 2 rings (SSSR count). The summed E-state index contributed by atoms with van der Waals surface area (Å²) in [7, 11) is 1.70. The molecule has 1 aliphatic heterocycles. The Kier molecular flexibility index (Phi) is 2.37. The van der Waals surface area contributed by atoms with E-state index in [1.54, 1.807) is 11.9 Å². The molecule has 0 N–H and O–H groups in total. The van der Waals surface area contributed by atoms with Gasteiger partial charge in [0.1, 0.15) is 0 Å². The molecule has 6 nitrogen and oxygen atoms in total. The molecular weight excluding hydrogens is 206 g/mol. The topological polar surface area (TPSA) is 63.9 Å². The highest BCUT2D eigenvalue weighted by atomic mass is 35.5. The number of nitrogens with zero attached hydrogens (tertiary/aromatic N) is 5. The van der Waals surface area contributed by atoms with Gasteiger partial charge >= 0.3 is 0 Å². The zero-order chi connectivity index (χ0) is 10.1. The van der Waals surface area contributed by atoms with Crippen LogP contribution in [0, 0.1) is 5.92 Å². The molecule has 1 fully saturated rings. The Balaban J connectivity index is 2.20. The molecule has 0 aromatic carbocycles. The lowest BCUT2D eigenvalue weighted by Gasteiger charge is -2.12. The number of aromatic nitrogens is 4. The highest BCUT2D eigenvalue weighted by molar-refractivity contribution is 6.18. The number of hydrogen-bond acceptors (Lipinski definition) is 4. The highest BCUT2D eigenvalue weighted by Crippen LogP contribution is 2.22. The second-order valence-corrected chi connectivity index (χ2v) is 3.64. The Morgan fingerprint density at radius 2 is 2.43 bits per heavy atom. The predicted octanol–water partition coefficient (Wildman–Crippen LogP) is -0.198. The summed E-state index contributed by atoms with van der Waals surface area (Å²) in [5.41, 5.74) is 0. The number of carbonyl (C=O) groups is 1. The van der Waals surface area contributed by atoms with Crippen LogP contribution in [0.3, 0.4) is 0 Å². The van der Waals surface area contributed by atoms with Crippen molar-refractivity contribution in [2.75, 3.05) is 17.3 Å². The molecule has 0 radical (unpaired) electrons. The van der Waals surface area contributed by atoms with Crippen molar-refractivity contribution >= 4 is 23.5 Å². The van der Waals surface area contributed by atoms with Crippen molar-refractivity contribution in [1.29, 1.82) is 0 Å². The fourth-order valence-electron chi connectivity index (χ4n) is 1.53. The third kappa shape index (κ3) is 1.45. The molecule has 1 amide bonds. The molecule has 2 heterocycles. The van der Waals surface area contributed by atoms with Gasteiger partial charge in [0.25, 0.3) is 5.95 Å². The van der Waals surface area contributed by atoms with Crippen LogP contribution < -0.4 is 4.90 Å². The van der Waals surface area contributed by atoms with Crippen LogP contribution in [0.15, 0.2) is 0 Å². The van der Waals surface area contributed by atoms with Crippen LogP contribution in [0.25, 0.3) is 0 Å². The number of rotatable bonds is 2. The number of tetrazole rings is 1. The minimum atomic E-state index is 0.0357. The van der Waals surface area contributed by atoms with Crippen LogP contribution >= 0.6 is 11.6 Å². The molecule has 1 saturated heterocycles. The van der Waals surface area contributed by atoms with Crippen LogP contribution in [0.4, 0.5) is 5.95 Å². The number of carbonyl (C=O) groups excluding carboxylic acids is 1. The molecule has 1 aromatic heterocycles. The highest BCUT2D eigenvalue weighted by Gasteiger charge is 2.32. The van der Waals surface area contributed by atoms with Crippen LogP contribution in [0.1, 0.15) is 6.42 Å². The largest absolute Gasteiger partial charge is 0.279 e. The SMILES string of the molecule is Cn1nnnc1N1CC(CCl)CC1=O. The molecule has 0 bridgehead atoms. The maximum Gasteiger partial charge on any atom is 0.251 e. The van der Waals surface area contributed by atoms with E-state index in [1.807, 2.05) is 0 Å². The quantitative estimate of drug-likeness (QED) is 0.641. The number of amides is 1. The van der Waals surface area contributed by atoms with Crippen molar-refractivity contribution in [3.05, 3.63) is 0 Å². The Morgan fingerprint density at radius 3 is 2.93 bits per heavy atom. The molecule has 76 valence electrons. The van der Waals surface area contributed by atoms with Gasteiger partial charge < -0.3 is 0 Å². The Hall–Kier alpha value is -1.17. The van der Waals surface area contributed by atoms with Gasteiger partial charge in [-0.05, 0) is 16.3 Å². The minimum absolute atomic E-state index is 0.0357. The van der Waals surface area contributed by atoms with E-state index in [9.17, 15) is 4.79 Å². The monoisotopic (exact) mass is 215 g/mol. The van der Waals surface area contributed by atoms with E-state index >= 15 is 0 Å². The van der Waals surface area contributed by atoms with Crippen molar-refractivity contribution in [3.8, 4) is 0 Å². The average molecular weight is 216 g/mol. The maximum absolute atomic E-state index is 11.6. The van der Waals surface area contributed by atoms with E-state index in [4.69, 9.17) is 11.6 Å². The summed E-state index contributed by atoms with van der Waals surface area (Å²) in [6.07, 6.45) is 0.482. The van der Waals surface area contributed by atoms with Crippen molar-refractivity contribution < 1.29 is 4.79 Å². The summed E-state index contributed by atoms with van der Waals surface area (Å²) in [5.74, 6) is 1.23. The van der Waals surface area contributed by atoms with Gasteiger partial charge in [0.15, 0.2) is 0 Å². The van der Waals surface area contributed by atoms with Crippen LogP contribution in [0.5, 0.6) is 0 Å². The minimum Gasteiger partial charge on any atom is -0.279 e. The van der Waals surface area contributed by atoms with E-state index in [0.717, 1.165) is 0 Å². The van der Waals surface area contributed by atoms with Gasteiger partial charge in [-0.1, -0.05) is 5.10 Å². The summed E-state index contributed by atoms with van der Waals surface area (Å²) >= 11 is 5.70. The molecule has 1 unspecified atom stereocenters. The molecule has 7 heteroatoms. The molecule has 14 heavy (non-hydrogen) atoms. The fraction of sp³-hybridized carbons (Fsp3) is 0.714. The number of alkyl halides is 1. The predicted molar refractivity (Wildman–Crippen MR) is 50.0 cm³/mol. The lowest BCUT2D eigenvalue weighted by molar-refractivity contribution is -0.117. The second-order valence-electron chi connectivity index (χ2n) is 3.33. The first-order valence-corrected chi connectivity index (χ1v) is 4.84. The summed E-state index contributed by atoms with van der Waals surface area (Å²) in [6.45, 7) is 0.608. The van der Waals surface area contributed by atoms with Crippen LogP contribution in [-0.2, 0) is 11.8 Å². The van der Waals surface area contributed by atoms with Gasteiger partial charge in [-0.3, -0.25) is 9.69 Å². The summed E-state index contributed by atoms with van der Waals surface area (Å²) in [6, 6.07) is 0. The Labute approximate surface area is 85.8 Å². The molecular formula is C7H10ClN5O. The molecule has 1 aromatic rings. The third-order valence-electron chi connectivity index (χ3n) is 2.26. The first-order chi connectivity index (χ1) is 6.72. The molecule has 1 atom stereocenters. The number of aryl methyl sites for hydroxylation is 1. The van der Waals surface area contributed by atoms with E-state index < -0.39 is 0 Å². The standard InChI is InChI=1S/C7H10ClN5O/c1-12-7(9-10-11-12)13-4-5(3-8)2-6(13)14/h5H,2-4H2,1H3. The van der Waals surface area contributed by atoms with Crippen LogP contribution in [0.2, 0.25) is 0 Å². The van der Waals surface area contributed by atoms with Crippen molar-refractivity contribution in [2.24, 2.45) is 13.0 Å². The maximum atomic E-state index is 11.6. The molecule has 0 aliphatic carbocycles.